The maximum atomic E-state index is 13.4. The van der Waals surface area contributed by atoms with Crippen LogP contribution in [0.1, 0.15) is 61.4 Å². The highest BCUT2D eigenvalue weighted by Gasteiger charge is 2.41. The predicted octanol–water partition coefficient (Wildman–Crippen LogP) is 5.72. The normalized spacial score (nSPS) is 17.4. The van der Waals surface area contributed by atoms with E-state index in [9.17, 15) is 9.59 Å². The Morgan fingerprint density at radius 3 is 2.59 bits per heavy atom. The number of carbonyl (C=O) groups excluding carboxylic acids is 2. The molecule has 1 atom stereocenters. The van der Waals surface area contributed by atoms with Gasteiger partial charge in [0.1, 0.15) is 23.5 Å². The number of hydrogen-bond acceptors (Lipinski definition) is 8. The van der Waals surface area contributed by atoms with E-state index >= 15 is 0 Å². The number of H-pyrrole nitrogens is 1. The molecule has 0 spiro atoms. The molecule has 44 heavy (non-hydrogen) atoms. The number of hydrogen-bond donors (Lipinski definition) is 3. The van der Waals surface area contributed by atoms with E-state index in [0.717, 1.165) is 16.8 Å². The Labute approximate surface area is 260 Å². The number of pyridine rings is 1. The van der Waals surface area contributed by atoms with E-state index < -0.39 is 11.1 Å². The number of aromatic amines is 1. The van der Waals surface area contributed by atoms with Gasteiger partial charge < -0.3 is 30.0 Å². The zero-order valence-corrected chi connectivity index (χ0v) is 25.5. The van der Waals surface area contributed by atoms with E-state index in [0.29, 0.717) is 60.5 Å². The van der Waals surface area contributed by atoms with E-state index in [-0.39, 0.29) is 18.0 Å². The monoisotopic (exact) mass is 615 g/mol. The van der Waals surface area contributed by atoms with Gasteiger partial charge in [-0.1, -0.05) is 17.7 Å². The minimum atomic E-state index is -0.694. The highest BCUT2D eigenvalue weighted by Crippen LogP contribution is 2.37. The number of carbonyl (C=O) groups is 2. The summed E-state index contributed by atoms with van der Waals surface area (Å²) < 4.78 is 11.4. The molecule has 0 radical (unpaired) electrons. The molecule has 2 amide bonds. The van der Waals surface area contributed by atoms with Crippen molar-refractivity contribution in [2.24, 2.45) is 0 Å². The van der Waals surface area contributed by atoms with Gasteiger partial charge in [0.2, 0.25) is 0 Å². The molecule has 1 saturated heterocycles. The molecule has 0 saturated carbocycles. The molecular formula is C32H34ClN7O4. The lowest BCUT2D eigenvalue weighted by Gasteiger charge is -2.41. The van der Waals surface area contributed by atoms with Crippen molar-refractivity contribution in [2.45, 2.75) is 50.8 Å². The number of anilines is 1. The Bertz CT molecular complexity index is 1660. The van der Waals surface area contributed by atoms with Crippen molar-refractivity contribution >= 4 is 29.3 Å². The molecule has 2 aliphatic rings. The average molecular weight is 616 g/mol. The van der Waals surface area contributed by atoms with Crippen LogP contribution in [0.25, 0.3) is 11.4 Å². The quantitative estimate of drug-likeness (QED) is 0.251. The fourth-order valence-corrected chi connectivity index (χ4v) is 5.68. The van der Waals surface area contributed by atoms with Gasteiger partial charge in [-0.3, -0.25) is 9.78 Å². The van der Waals surface area contributed by atoms with Gasteiger partial charge >= 0.3 is 6.09 Å². The molecule has 12 heteroatoms. The lowest BCUT2D eigenvalue weighted by atomic mass is 9.86. The van der Waals surface area contributed by atoms with Crippen molar-refractivity contribution in [3.8, 4) is 17.1 Å². The molecule has 6 rings (SSSR count). The number of likely N-dealkylation sites (tertiary alicyclic amines) is 1. The van der Waals surface area contributed by atoms with Crippen molar-refractivity contribution in [3.05, 3.63) is 89.0 Å². The second kappa shape index (κ2) is 11.8. The molecule has 0 aliphatic carbocycles. The molecule has 2 aliphatic heterocycles. The van der Waals surface area contributed by atoms with Gasteiger partial charge in [0.05, 0.1) is 6.04 Å². The number of rotatable bonds is 6. The molecule has 0 bridgehead atoms. The van der Waals surface area contributed by atoms with Crippen LogP contribution in [0, 0.1) is 0 Å². The first-order chi connectivity index (χ1) is 21.1. The van der Waals surface area contributed by atoms with Crippen LogP contribution in [0.15, 0.2) is 67.0 Å². The van der Waals surface area contributed by atoms with Crippen LogP contribution in [0.3, 0.4) is 0 Å². The van der Waals surface area contributed by atoms with E-state index in [1.165, 1.54) is 0 Å². The molecule has 0 unspecified atom stereocenters. The van der Waals surface area contributed by atoms with Gasteiger partial charge in [0.15, 0.2) is 11.6 Å². The largest absolute Gasteiger partial charge is 0.491 e. The van der Waals surface area contributed by atoms with Crippen LogP contribution in [-0.4, -0.2) is 62.4 Å². The van der Waals surface area contributed by atoms with Crippen LogP contribution < -0.4 is 15.4 Å². The summed E-state index contributed by atoms with van der Waals surface area (Å²) in [6.45, 7) is 6.78. The Morgan fingerprint density at radius 1 is 1.07 bits per heavy atom. The fraction of sp³-hybridized carbons (Fsp3) is 0.344. The number of aromatic nitrogens is 4. The molecular weight excluding hydrogens is 582 g/mol. The molecule has 3 N–H and O–H groups in total. The Balaban J connectivity index is 1.24. The topological polar surface area (TPSA) is 134 Å². The summed E-state index contributed by atoms with van der Waals surface area (Å²) in [7, 11) is 0. The summed E-state index contributed by atoms with van der Waals surface area (Å²) in [6, 6.07) is 16.1. The molecule has 2 aromatic carbocycles. The van der Waals surface area contributed by atoms with Crippen LogP contribution >= 0.6 is 11.6 Å². The third kappa shape index (κ3) is 6.33. The van der Waals surface area contributed by atoms with Gasteiger partial charge in [0, 0.05) is 52.9 Å². The van der Waals surface area contributed by atoms with Crippen molar-refractivity contribution < 1.29 is 19.1 Å². The lowest BCUT2D eigenvalue weighted by Crippen LogP contribution is -2.50. The predicted molar refractivity (Wildman–Crippen MR) is 166 cm³/mol. The SMILES string of the molecule is CC(C)(C)OC(=O)N1CCC(Nc2cccc(C(=O)N[C@H]3COc4ccc(Cl)cc43)c2)(c2nnc(-c3ccncc3)[nH]2)CC1. The molecule has 4 aromatic rings. The molecule has 1 fully saturated rings. The number of benzene rings is 2. The Hall–Kier alpha value is -4.64. The first kappa shape index (κ1) is 29.4. The first-order valence-electron chi connectivity index (χ1n) is 14.5. The van der Waals surface area contributed by atoms with Crippen LogP contribution in [0.2, 0.25) is 5.02 Å². The lowest BCUT2D eigenvalue weighted by molar-refractivity contribution is 0.0172. The van der Waals surface area contributed by atoms with Gasteiger partial charge in [-0.2, -0.15) is 0 Å². The maximum absolute atomic E-state index is 13.4. The smallest absolute Gasteiger partial charge is 0.410 e. The average Bonchev–Trinajstić information content (AvgIpc) is 3.65. The van der Waals surface area contributed by atoms with Crippen molar-refractivity contribution in [2.75, 3.05) is 25.0 Å². The van der Waals surface area contributed by atoms with Crippen LogP contribution in [0.5, 0.6) is 5.75 Å². The highest BCUT2D eigenvalue weighted by molar-refractivity contribution is 6.30. The van der Waals surface area contributed by atoms with Gasteiger partial charge in [-0.15, -0.1) is 10.2 Å². The summed E-state index contributed by atoms with van der Waals surface area (Å²) in [4.78, 5) is 35.4. The number of halogens is 1. The van der Waals surface area contributed by atoms with Gasteiger partial charge in [-0.05, 0) is 82.1 Å². The Kier molecular flexibility index (Phi) is 7.89. The number of nitrogens with zero attached hydrogens (tertiary/aromatic N) is 4. The molecule has 11 nitrogen and oxygen atoms in total. The number of fused-ring (bicyclic) bond motifs is 1. The summed E-state index contributed by atoms with van der Waals surface area (Å²) >= 11 is 6.19. The molecule has 228 valence electrons. The minimum absolute atomic E-state index is 0.233. The summed E-state index contributed by atoms with van der Waals surface area (Å²) in [6.07, 6.45) is 4.12. The van der Waals surface area contributed by atoms with Gasteiger partial charge in [0.25, 0.3) is 5.91 Å². The highest BCUT2D eigenvalue weighted by atomic mass is 35.5. The Morgan fingerprint density at radius 2 is 1.84 bits per heavy atom. The fourth-order valence-electron chi connectivity index (χ4n) is 5.50. The van der Waals surface area contributed by atoms with Crippen molar-refractivity contribution in [1.82, 2.24) is 30.4 Å². The zero-order chi connectivity index (χ0) is 30.9. The number of ether oxygens (including phenoxy) is 2. The standard InChI is InChI=1S/C32H34ClN7O4/c1-31(2,3)44-30(42)40-15-11-32(12-16-40,29-36-27(38-39-29)20-9-13-34-14-10-20)37-23-6-4-5-21(17-23)28(41)35-25-19-43-26-8-7-22(33)18-24(25)26/h4-10,13-14,17-18,25,37H,11-12,15-16,19H2,1-3H3,(H,35,41)(H,36,38,39)/t25-/m0/s1. The van der Waals surface area contributed by atoms with E-state index in [1.54, 1.807) is 29.4 Å². The first-order valence-corrected chi connectivity index (χ1v) is 14.9. The molecule has 4 heterocycles. The van der Waals surface area contributed by atoms with Crippen molar-refractivity contribution in [3.63, 3.8) is 0 Å². The number of piperidine rings is 1. The second-order valence-electron chi connectivity index (χ2n) is 12.0. The summed E-state index contributed by atoms with van der Waals surface area (Å²) in [5, 5.41) is 16.3. The van der Waals surface area contributed by atoms with E-state index in [1.807, 2.05) is 63.2 Å². The number of nitrogens with one attached hydrogen (secondary N) is 3. The maximum Gasteiger partial charge on any atom is 0.410 e. The second-order valence-corrected chi connectivity index (χ2v) is 12.5. The third-order valence-corrected chi connectivity index (χ3v) is 7.96. The van der Waals surface area contributed by atoms with E-state index in [4.69, 9.17) is 21.1 Å². The molecule has 2 aromatic heterocycles. The number of amides is 2. The van der Waals surface area contributed by atoms with Gasteiger partial charge in [-0.25, -0.2) is 4.79 Å². The summed E-state index contributed by atoms with van der Waals surface area (Å²) in [5.41, 5.74) is 1.65. The van der Waals surface area contributed by atoms with Crippen molar-refractivity contribution in [1.29, 1.82) is 0 Å². The van der Waals surface area contributed by atoms with Crippen LogP contribution in [0.4, 0.5) is 10.5 Å². The minimum Gasteiger partial charge on any atom is -0.491 e. The zero-order valence-electron chi connectivity index (χ0n) is 24.8. The summed E-state index contributed by atoms with van der Waals surface area (Å²) in [5.74, 6) is 1.74. The third-order valence-electron chi connectivity index (χ3n) is 7.73. The van der Waals surface area contributed by atoms with Crippen LogP contribution in [-0.2, 0) is 10.3 Å². The van der Waals surface area contributed by atoms with E-state index in [2.05, 4.69) is 30.8 Å².